The van der Waals surface area contributed by atoms with Gasteiger partial charge in [0.15, 0.2) is 0 Å². The second-order valence-electron chi connectivity index (χ2n) is 8.78. The van der Waals surface area contributed by atoms with E-state index < -0.39 is 28.5 Å². The van der Waals surface area contributed by atoms with Gasteiger partial charge in [0.1, 0.15) is 12.6 Å². The van der Waals surface area contributed by atoms with E-state index in [0.29, 0.717) is 27.2 Å². The summed E-state index contributed by atoms with van der Waals surface area (Å²) in [5, 5.41) is 3.56. The van der Waals surface area contributed by atoms with E-state index in [2.05, 4.69) is 21.2 Å². The summed E-state index contributed by atoms with van der Waals surface area (Å²) in [5.41, 5.74) is 1.04. The van der Waals surface area contributed by atoms with Gasteiger partial charge in [-0.15, -0.1) is 0 Å². The predicted molar refractivity (Wildman–Crippen MR) is 143 cm³/mol. The molecule has 0 spiro atoms. The number of carbonyl (C=O) groups excluding carboxylic acids is 2. The predicted octanol–water partition coefficient (Wildman–Crippen LogP) is 4.73. The molecular formula is C25H31BrClN3O4S. The molecule has 0 heterocycles. The Morgan fingerprint density at radius 1 is 1.14 bits per heavy atom. The van der Waals surface area contributed by atoms with Crippen LogP contribution in [0.2, 0.25) is 5.02 Å². The number of benzene rings is 2. The molecule has 0 bridgehead atoms. The van der Waals surface area contributed by atoms with Gasteiger partial charge in [0.05, 0.1) is 11.9 Å². The van der Waals surface area contributed by atoms with Crippen molar-refractivity contribution in [1.29, 1.82) is 0 Å². The maximum Gasteiger partial charge on any atom is 0.244 e. The molecule has 0 aromatic heterocycles. The number of carbonyl (C=O) groups is 2. The van der Waals surface area contributed by atoms with Gasteiger partial charge in [-0.1, -0.05) is 71.6 Å². The highest BCUT2D eigenvalue weighted by Crippen LogP contribution is 2.25. The molecule has 1 fully saturated rings. The molecule has 2 aromatic carbocycles. The maximum absolute atomic E-state index is 13.7. The van der Waals surface area contributed by atoms with Crippen LogP contribution in [0.25, 0.3) is 0 Å². The Morgan fingerprint density at radius 3 is 2.43 bits per heavy atom. The van der Waals surface area contributed by atoms with Gasteiger partial charge in [-0.2, -0.15) is 0 Å². The number of sulfonamides is 1. The molecule has 1 N–H and O–H groups in total. The zero-order valence-electron chi connectivity index (χ0n) is 19.9. The van der Waals surface area contributed by atoms with Crippen molar-refractivity contribution in [1.82, 2.24) is 10.2 Å². The fraction of sp³-hybridized carbons (Fsp3) is 0.440. The van der Waals surface area contributed by atoms with Crippen LogP contribution in [0, 0.1) is 0 Å². The summed E-state index contributed by atoms with van der Waals surface area (Å²) < 4.78 is 27.1. The van der Waals surface area contributed by atoms with Crippen LogP contribution in [-0.4, -0.2) is 50.0 Å². The topological polar surface area (TPSA) is 86.8 Å². The van der Waals surface area contributed by atoms with Crippen molar-refractivity contribution in [2.45, 2.75) is 57.7 Å². The van der Waals surface area contributed by atoms with Crippen molar-refractivity contribution >= 4 is 55.1 Å². The second kappa shape index (κ2) is 12.2. The first kappa shape index (κ1) is 27.5. The number of hydrogen-bond donors (Lipinski definition) is 1. The van der Waals surface area contributed by atoms with E-state index in [1.165, 1.54) is 4.90 Å². The van der Waals surface area contributed by atoms with E-state index in [1.807, 2.05) is 13.0 Å². The molecule has 1 unspecified atom stereocenters. The van der Waals surface area contributed by atoms with Gasteiger partial charge in [-0.3, -0.25) is 13.9 Å². The van der Waals surface area contributed by atoms with Crippen LogP contribution in [0.1, 0.15) is 44.6 Å². The Hall–Kier alpha value is -2.10. The van der Waals surface area contributed by atoms with Crippen molar-refractivity contribution in [3.05, 3.63) is 63.6 Å². The fourth-order valence-electron chi connectivity index (χ4n) is 4.34. The first-order valence-electron chi connectivity index (χ1n) is 11.7. The van der Waals surface area contributed by atoms with E-state index in [-0.39, 0.29) is 18.5 Å². The minimum Gasteiger partial charge on any atom is -0.352 e. The lowest BCUT2D eigenvalue weighted by Gasteiger charge is -2.33. The quantitative estimate of drug-likeness (QED) is 0.437. The molecule has 3 rings (SSSR count). The molecule has 2 amide bonds. The maximum atomic E-state index is 13.7. The van der Waals surface area contributed by atoms with Gasteiger partial charge in [0, 0.05) is 22.1 Å². The molecule has 1 aliphatic carbocycles. The van der Waals surface area contributed by atoms with Crippen molar-refractivity contribution < 1.29 is 18.0 Å². The lowest BCUT2D eigenvalue weighted by Crippen LogP contribution is -2.53. The van der Waals surface area contributed by atoms with Crippen LogP contribution in [0.3, 0.4) is 0 Å². The van der Waals surface area contributed by atoms with Crippen LogP contribution in [-0.2, 0) is 26.2 Å². The van der Waals surface area contributed by atoms with E-state index in [4.69, 9.17) is 11.6 Å². The van der Waals surface area contributed by atoms with Crippen LogP contribution in [0.5, 0.6) is 0 Å². The highest BCUT2D eigenvalue weighted by molar-refractivity contribution is 9.10. The summed E-state index contributed by atoms with van der Waals surface area (Å²) in [4.78, 5) is 28.4. The molecule has 10 heteroatoms. The third-order valence-corrected chi connectivity index (χ3v) is 8.16. The van der Waals surface area contributed by atoms with E-state index in [0.717, 1.165) is 36.2 Å². The van der Waals surface area contributed by atoms with E-state index in [1.54, 1.807) is 42.5 Å². The third-order valence-electron chi connectivity index (χ3n) is 6.16. The standard InChI is InChI=1S/C25H31BrClN3O4S/c1-3-23(25(32)28-20-11-5-6-12-20)29(16-18-9-4-7-14-22(18)27)24(31)17-30(35(2,33)34)21-13-8-10-19(26)15-21/h4,7-10,13-15,20,23H,3,5-6,11-12,16-17H2,1-2H3,(H,28,32). The third kappa shape index (κ3) is 7.44. The number of nitrogens with zero attached hydrogens (tertiary/aromatic N) is 2. The van der Waals surface area contributed by atoms with Gasteiger partial charge in [0.25, 0.3) is 0 Å². The van der Waals surface area contributed by atoms with E-state index in [9.17, 15) is 18.0 Å². The van der Waals surface area contributed by atoms with Gasteiger partial charge in [0.2, 0.25) is 21.8 Å². The largest absolute Gasteiger partial charge is 0.352 e. The van der Waals surface area contributed by atoms with Gasteiger partial charge < -0.3 is 10.2 Å². The summed E-state index contributed by atoms with van der Waals surface area (Å²) >= 11 is 9.73. The molecule has 7 nitrogen and oxygen atoms in total. The molecular weight excluding hydrogens is 554 g/mol. The van der Waals surface area contributed by atoms with Crippen LogP contribution in [0.4, 0.5) is 5.69 Å². The number of anilines is 1. The van der Waals surface area contributed by atoms with Crippen molar-refractivity contribution in [3.63, 3.8) is 0 Å². The van der Waals surface area contributed by atoms with Crippen LogP contribution < -0.4 is 9.62 Å². The van der Waals surface area contributed by atoms with Crippen molar-refractivity contribution in [2.75, 3.05) is 17.1 Å². The summed E-state index contributed by atoms with van der Waals surface area (Å²) in [6.07, 6.45) is 5.42. The zero-order chi connectivity index (χ0) is 25.6. The zero-order valence-corrected chi connectivity index (χ0v) is 23.1. The molecule has 1 atom stereocenters. The number of amides is 2. The number of hydrogen-bond acceptors (Lipinski definition) is 4. The minimum absolute atomic E-state index is 0.0885. The van der Waals surface area contributed by atoms with E-state index >= 15 is 0 Å². The van der Waals surface area contributed by atoms with Crippen LogP contribution >= 0.6 is 27.5 Å². The molecule has 2 aromatic rings. The number of nitrogens with one attached hydrogen (secondary N) is 1. The summed E-state index contributed by atoms with van der Waals surface area (Å²) in [7, 11) is -3.78. The van der Waals surface area contributed by atoms with Gasteiger partial charge in [-0.05, 0) is 49.1 Å². The second-order valence-corrected chi connectivity index (χ2v) is 12.0. The molecule has 0 saturated heterocycles. The average Bonchev–Trinajstić information content (AvgIpc) is 3.30. The molecule has 35 heavy (non-hydrogen) atoms. The lowest BCUT2D eigenvalue weighted by molar-refractivity contribution is -0.140. The Balaban J connectivity index is 1.93. The normalized spacial score (nSPS) is 15.0. The van der Waals surface area contributed by atoms with Gasteiger partial charge >= 0.3 is 0 Å². The molecule has 190 valence electrons. The molecule has 0 radical (unpaired) electrons. The summed E-state index contributed by atoms with van der Waals surface area (Å²) in [5.74, 6) is -0.711. The Kier molecular flexibility index (Phi) is 9.61. The first-order valence-corrected chi connectivity index (χ1v) is 14.7. The Morgan fingerprint density at radius 2 is 1.83 bits per heavy atom. The van der Waals surface area contributed by atoms with Crippen molar-refractivity contribution in [3.8, 4) is 0 Å². The molecule has 0 aliphatic heterocycles. The summed E-state index contributed by atoms with van der Waals surface area (Å²) in [6.45, 7) is 1.49. The Labute approximate surface area is 221 Å². The highest BCUT2D eigenvalue weighted by Gasteiger charge is 2.33. The molecule has 1 saturated carbocycles. The average molecular weight is 585 g/mol. The fourth-order valence-corrected chi connectivity index (χ4v) is 5.77. The minimum atomic E-state index is -3.78. The highest BCUT2D eigenvalue weighted by atomic mass is 79.9. The lowest BCUT2D eigenvalue weighted by atomic mass is 10.1. The van der Waals surface area contributed by atoms with Crippen molar-refractivity contribution in [2.24, 2.45) is 0 Å². The summed E-state index contributed by atoms with van der Waals surface area (Å²) in [6, 6.07) is 13.2. The molecule has 1 aliphatic rings. The first-order chi connectivity index (χ1) is 16.6. The van der Waals surface area contributed by atoms with Gasteiger partial charge in [-0.25, -0.2) is 8.42 Å². The smallest absolute Gasteiger partial charge is 0.244 e. The Bertz CT molecular complexity index is 1150. The number of rotatable bonds is 10. The van der Waals surface area contributed by atoms with Crippen LogP contribution in [0.15, 0.2) is 53.0 Å². The monoisotopic (exact) mass is 583 g/mol. The SMILES string of the molecule is CCC(C(=O)NC1CCCC1)N(Cc1ccccc1Cl)C(=O)CN(c1cccc(Br)c1)S(C)(=O)=O. The number of halogens is 2.